The summed E-state index contributed by atoms with van der Waals surface area (Å²) in [6, 6.07) is 16.3. The molecule has 0 radical (unpaired) electrons. The number of urea groups is 1. The van der Waals surface area contributed by atoms with Crippen LogP contribution in [0, 0.1) is 0 Å². The zero-order valence-electron chi connectivity index (χ0n) is 15.2. The van der Waals surface area contributed by atoms with Gasteiger partial charge < -0.3 is 15.8 Å². The number of likely N-dealkylation sites (tertiary alicyclic amines) is 1. The minimum Gasteiger partial charge on any atom is -0.497 e. The lowest BCUT2D eigenvalue weighted by molar-refractivity contribution is -0.120. The Bertz CT molecular complexity index is 780. The molecule has 0 bridgehead atoms. The monoisotopic (exact) mass is 368 g/mol. The molecular weight excluding hydrogens is 344 g/mol. The molecule has 0 spiro atoms. The summed E-state index contributed by atoms with van der Waals surface area (Å²) < 4.78 is 5.06. The van der Waals surface area contributed by atoms with Crippen LogP contribution in [0.25, 0.3) is 0 Å². The fourth-order valence-corrected chi connectivity index (χ4v) is 3.30. The van der Waals surface area contributed by atoms with E-state index >= 15 is 0 Å². The smallest absolute Gasteiger partial charge is 0.325 e. The molecule has 7 heteroatoms. The Balaban J connectivity index is 1.48. The normalized spacial score (nSPS) is 19.5. The van der Waals surface area contributed by atoms with Crippen LogP contribution in [-0.2, 0) is 4.79 Å². The van der Waals surface area contributed by atoms with Crippen molar-refractivity contribution in [2.75, 3.05) is 32.1 Å². The van der Waals surface area contributed by atoms with Crippen molar-refractivity contribution < 1.29 is 14.3 Å². The highest BCUT2D eigenvalue weighted by Gasteiger charge is 2.32. The zero-order chi connectivity index (χ0) is 19.2. The van der Waals surface area contributed by atoms with Crippen LogP contribution in [0.3, 0.4) is 0 Å². The van der Waals surface area contributed by atoms with E-state index in [1.54, 1.807) is 31.4 Å². The molecule has 0 unspecified atom stereocenters. The molecule has 0 aliphatic carbocycles. The average Bonchev–Trinajstić information content (AvgIpc) is 3.02. The van der Waals surface area contributed by atoms with E-state index in [0.29, 0.717) is 24.5 Å². The first-order valence-electron chi connectivity index (χ1n) is 8.83. The molecule has 1 saturated heterocycles. The number of carbonyl (C=O) groups is 2. The summed E-state index contributed by atoms with van der Waals surface area (Å²) in [4.78, 5) is 26.1. The minimum atomic E-state index is -0.562. The predicted molar refractivity (Wildman–Crippen MR) is 104 cm³/mol. The number of nitrogens with one attached hydrogen (secondary N) is 2. The number of methoxy groups -OCH3 is 1. The summed E-state index contributed by atoms with van der Waals surface area (Å²) in [5.41, 5.74) is 7.99. The lowest BCUT2D eigenvalue weighted by Gasteiger charge is -2.15. The van der Waals surface area contributed by atoms with Crippen molar-refractivity contribution in [3.05, 3.63) is 60.2 Å². The average molecular weight is 368 g/mol. The second-order valence-corrected chi connectivity index (χ2v) is 6.61. The predicted octanol–water partition coefficient (Wildman–Crippen LogP) is 1.77. The van der Waals surface area contributed by atoms with E-state index in [9.17, 15) is 9.59 Å². The van der Waals surface area contributed by atoms with Gasteiger partial charge in [0.25, 0.3) is 0 Å². The third kappa shape index (κ3) is 5.06. The second-order valence-electron chi connectivity index (χ2n) is 6.61. The van der Waals surface area contributed by atoms with Crippen LogP contribution in [0.2, 0.25) is 0 Å². The highest BCUT2D eigenvalue weighted by molar-refractivity contribution is 6.01. The van der Waals surface area contributed by atoms with Crippen LogP contribution in [0.15, 0.2) is 54.6 Å². The number of hydrogen-bond donors (Lipinski definition) is 3. The fourth-order valence-electron chi connectivity index (χ4n) is 3.30. The number of carbonyl (C=O) groups excluding carboxylic acids is 2. The van der Waals surface area contributed by atoms with Crippen molar-refractivity contribution in [2.45, 2.75) is 12.0 Å². The Morgan fingerprint density at radius 3 is 2.48 bits per heavy atom. The molecule has 142 valence electrons. The summed E-state index contributed by atoms with van der Waals surface area (Å²) in [6.07, 6.45) is 0. The molecule has 2 aromatic carbocycles. The largest absolute Gasteiger partial charge is 0.497 e. The second kappa shape index (κ2) is 8.66. The van der Waals surface area contributed by atoms with E-state index < -0.39 is 6.03 Å². The summed E-state index contributed by atoms with van der Waals surface area (Å²) in [5, 5.41) is 4.97. The first-order valence-corrected chi connectivity index (χ1v) is 8.83. The van der Waals surface area contributed by atoms with E-state index in [4.69, 9.17) is 10.5 Å². The van der Waals surface area contributed by atoms with Gasteiger partial charge in [-0.1, -0.05) is 30.3 Å². The summed E-state index contributed by atoms with van der Waals surface area (Å²) in [7, 11) is 1.57. The maximum absolute atomic E-state index is 12.2. The van der Waals surface area contributed by atoms with Crippen LogP contribution >= 0.6 is 0 Å². The van der Waals surface area contributed by atoms with Gasteiger partial charge in [-0.15, -0.1) is 0 Å². The molecule has 2 atom stereocenters. The van der Waals surface area contributed by atoms with E-state index in [1.165, 1.54) is 5.56 Å². The Labute approximate surface area is 158 Å². The molecule has 7 nitrogen and oxygen atoms in total. The third-order valence-corrected chi connectivity index (χ3v) is 4.64. The standard InChI is InChI=1S/C20H24N4O3/c1-27-16-9-7-15(8-10-16)22-20(26)23-19(25)13-24-11-17(18(21)12-24)14-5-3-2-4-6-14/h2-10,17-18H,11-13,21H2,1H3,(H2,22,23,25,26)/t17-,18+/m0/s1. The van der Waals surface area contributed by atoms with Crippen molar-refractivity contribution in [1.82, 2.24) is 10.2 Å². The van der Waals surface area contributed by atoms with Gasteiger partial charge in [0.1, 0.15) is 5.75 Å². The Morgan fingerprint density at radius 2 is 1.81 bits per heavy atom. The van der Waals surface area contributed by atoms with Crippen molar-refractivity contribution in [3.8, 4) is 5.75 Å². The Morgan fingerprint density at radius 1 is 1.11 bits per heavy atom. The topological polar surface area (TPSA) is 96.7 Å². The molecule has 1 aliphatic heterocycles. The van der Waals surface area contributed by atoms with Crippen molar-refractivity contribution >= 4 is 17.6 Å². The molecule has 27 heavy (non-hydrogen) atoms. The molecule has 2 aromatic rings. The molecule has 3 rings (SSSR count). The summed E-state index contributed by atoms with van der Waals surface area (Å²) in [5.74, 6) is 0.518. The molecule has 3 amide bonds. The van der Waals surface area contributed by atoms with Crippen LogP contribution in [0.1, 0.15) is 11.5 Å². The number of nitrogens with two attached hydrogens (primary N) is 1. The highest BCUT2D eigenvalue weighted by Crippen LogP contribution is 2.25. The minimum absolute atomic E-state index is 0.0340. The van der Waals surface area contributed by atoms with Gasteiger partial charge in [0.2, 0.25) is 5.91 Å². The molecular formula is C20H24N4O3. The zero-order valence-corrected chi connectivity index (χ0v) is 15.2. The molecule has 0 saturated carbocycles. The number of amides is 3. The number of hydrogen-bond acceptors (Lipinski definition) is 5. The molecule has 0 aromatic heterocycles. The van der Waals surface area contributed by atoms with Gasteiger partial charge >= 0.3 is 6.03 Å². The number of benzene rings is 2. The van der Waals surface area contributed by atoms with Crippen molar-refractivity contribution in [3.63, 3.8) is 0 Å². The molecule has 4 N–H and O–H groups in total. The Hall–Kier alpha value is -2.90. The van der Waals surface area contributed by atoms with Crippen LogP contribution < -0.4 is 21.1 Å². The number of nitrogens with zero attached hydrogens (tertiary/aromatic N) is 1. The third-order valence-electron chi connectivity index (χ3n) is 4.64. The van der Waals surface area contributed by atoms with Crippen molar-refractivity contribution in [2.24, 2.45) is 5.73 Å². The quantitative estimate of drug-likeness (QED) is 0.747. The van der Waals surface area contributed by atoms with E-state index in [-0.39, 0.29) is 24.4 Å². The van der Waals surface area contributed by atoms with Gasteiger partial charge in [-0.25, -0.2) is 4.79 Å². The van der Waals surface area contributed by atoms with E-state index in [0.717, 1.165) is 0 Å². The first kappa shape index (κ1) is 18.9. The summed E-state index contributed by atoms with van der Waals surface area (Å²) in [6.45, 7) is 1.44. The fraction of sp³-hybridized carbons (Fsp3) is 0.300. The van der Waals surface area contributed by atoms with Crippen molar-refractivity contribution in [1.29, 1.82) is 0 Å². The molecule has 1 heterocycles. The maximum atomic E-state index is 12.2. The summed E-state index contributed by atoms with van der Waals surface area (Å²) >= 11 is 0. The van der Waals surface area contributed by atoms with Crippen LogP contribution in [0.5, 0.6) is 5.75 Å². The lowest BCUT2D eigenvalue weighted by atomic mass is 9.95. The van der Waals surface area contributed by atoms with Crippen LogP contribution in [0.4, 0.5) is 10.5 Å². The highest BCUT2D eigenvalue weighted by atomic mass is 16.5. The Kier molecular flexibility index (Phi) is 6.05. The SMILES string of the molecule is COc1ccc(NC(=O)NC(=O)CN2C[C@@H](N)[C@H](c3ccccc3)C2)cc1. The van der Waals surface area contributed by atoms with Gasteiger partial charge in [-0.2, -0.15) is 0 Å². The number of ether oxygens (including phenoxy) is 1. The van der Waals surface area contributed by atoms with Gasteiger partial charge in [0, 0.05) is 30.7 Å². The van der Waals surface area contributed by atoms with Crippen LogP contribution in [-0.4, -0.2) is 49.6 Å². The number of rotatable bonds is 5. The van der Waals surface area contributed by atoms with Gasteiger partial charge in [-0.3, -0.25) is 15.0 Å². The first-order chi connectivity index (χ1) is 13.0. The lowest BCUT2D eigenvalue weighted by Crippen LogP contribution is -2.41. The number of anilines is 1. The number of imide groups is 1. The van der Waals surface area contributed by atoms with E-state index in [2.05, 4.69) is 22.8 Å². The van der Waals surface area contributed by atoms with E-state index in [1.807, 2.05) is 23.1 Å². The van der Waals surface area contributed by atoms with Gasteiger partial charge in [-0.05, 0) is 29.8 Å². The van der Waals surface area contributed by atoms with Gasteiger partial charge in [0.15, 0.2) is 0 Å². The molecule has 1 aliphatic rings. The molecule has 1 fully saturated rings. The van der Waals surface area contributed by atoms with Gasteiger partial charge in [0.05, 0.1) is 13.7 Å². The maximum Gasteiger partial charge on any atom is 0.325 e.